The second-order valence-corrected chi connectivity index (χ2v) is 8.44. The van der Waals surface area contributed by atoms with Gasteiger partial charge in [-0.1, -0.05) is 37.0 Å². The lowest BCUT2D eigenvalue weighted by Gasteiger charge is -2.23. The Labute approximate surface area is 149 Å². The summed E-state index contributed by atoms with van der Waals surface area (Å²) in [4.78, 5) is 4.53. The Morgan fingerprint density at radius 2 is 1.80 bits per heavy atom. The molecule has 2 aromatic rings. The lowest BCUT2D eigenvalue weighted by Crippen LogP contribution is -2.22. The number of nitrogens with zero attached hydrogens (tertiary/aromatic N) is 1. The van der Waals surface area contributed by atoms with Crippen LogP contribution in [0.1, 0.15) is 43.2 Å². The van der Waals surface area contributed by atoms with Crippen LogP contribution in [0, 0.1) is 13.8 Å². The van der Waals surface area contributed by atoms with E-state index in [1.165, 1.54) is 32.1 Å². The lowest BCUT2D eigenvalue weighted by atomic mass is 9.95. The van der Waals surface area contributed by atoms with E-state index in [1.807, 2.05) is 19.1 Å². The van der Waals surface area contributed by atoms with E-state index >= 15 is 0 Å². The van der Waals surface area contributed by atoms with Crippen molar-refractivity contribution in [2.45, 2.75) is 56.9 Å². The Bertz CT molecular complexity index is 826. The monoisotopic (exact) mass is 359 g/mol. The molecule has 2 N–H and O–H groups in total. The first-order chi connectivity index (χ1) is 11.9. The maximum Gasteiger partial charge on any atom is 0.263 e. The van der Waals surface area contributed by atoms with Crippen molar-refractivity contribution in [1.29, 1.82) is 0 Å². The molecule has 1 aromatic heterocycles. The van der Waals surface area contributed by atoms with Gasteiger partial charge in [0.05, 0.1) is 16.8 Å². The molecule has 0 atom stereocenters. The first-order valence-electron chi connectivity index (χ1n) is 8.77. The fourth-order valence-electron chi connectivity index (χ4n) is 3.32. The third-order valence-electron chi connectivity index (χ3n) is 4.60. The van der Waals surface area contributed by atoms with E-state index in [1.54, 1.807) is 31.3 Å². The van der Waals surface area contributed by atoms with Gasteiger partial charge in [0, 0.05) is 6.04 Å². The van der Waals surface area contributed by atoms with Gasteiger partial charge < -0.3 is 5.32 Å². The number of rotatable bonds is 5. The van der Waals surface area contributed by atoms with Crippen molar-refractivity contribution in [2.75, 3.05) is 10.0 Å². The highest BCUT2D eigenvalue weighted by molar-refractivity contribution is 7.92. The van der Waals surface area contributed by atoms with Crippen LogP contribution in [0.4, 0.5) is 11.5 Å². The number of sulfonamides is 1. The molecule has 0 bridgehead atoms. The van der Waals surface area contributed by atoms with Crippen LogP contribution in [0.5, 0.6) is 0 Å². The van der Waals surface area contributed by atoms with E-state index in [9.17, 15) is 8.42 Å². The number of aromatic nitrogens is 1. The molecular formula is C19H25N3O2S. The van der Waals surface area contributed by atoms with Crippen molar-refractivity contribution in [2.24, 2.45) is 0 Å². The molecule has 1 aromatic carbocycles. The third-order valence-corrected chi connectivity index (χ3v) is 6.11. The number of benzene rings is 1. The number of hydrogen-bond acceptors (Lipinski definition) is 4. The number of aryl methyl sites for hydroxylation is 2. The average molecular weight is 359 g/mol. The summed E-state index contributed by atoms with van der Waals surface area (Å²) in [5, 5.41) is 3.48. The van der Waals surface area contributed by atoms with Crippen LogP contribution < -0.4 is 10.0 Å². The summed E-state index contributed by atoms with van der Waals surface area (Å²) in [6.07, 6.45) is 7.89. The van der Waals surface area contributed by atoms with Crippen LogP contribution in [0.3, 0.4) is 0 Å². The van der Waals surface area contributed by atoms with E-state index < -0.39 is 10.0 Å². The van der Waals surface area contributed by atoms with Gasteiger partial charge in [0.1, 0.15) is 5.82 Å². The van der Waals surface area contributed by atoms with Crippen LogP contribution in [0.15, 0.2) is 41.4 Å². The van der Waals surface area contributed by atoms with Gasteiger partial charge in [0.15, 0.2) is 0 Å². The molecule has 0 unspecified atom stereocenters. The smallest absolute Gasteiger partial charge is 0.263 e. The van der Waals surface area contributed by atoms with Gasteiger partial charge in [-0.15, -0.1) is 0 Å². The average Bonchev–Trinajstić information content (AvgIpc) is 2.57. The zero-order valence-corrected chi connectivity index (χ0v) is 15.6. The first-order valence-corrected chi connectivity index (χ1v) is 10.2. The highest BCUT2D eigenvalue weighted by Gasteiger charge is 2.18. The van der Waals surface area contributed by atoms with Crippen molar-refractivity contribution >= 4 is 21.5 Å². The second kappa shape index (κ2) is 7.44. The van der Waals surface area contributed by atoms with Crippen LogP contribution >= 0.6 is 0 Å². The lowest BCUT2D eigenvalue weighted by molar-refractivity contribution is 0.462. The van der Waals surface area contributed by atoms with E-state index in [2.05, 4.69) is 15.0 Å². The topological polar surface area (TPSA) is 71.1 Å². The minimum atomic E-state index is -3.63. The van der Waals surface area contributed by atoms with Crippen LogP contribution in [-0.4, -0.2) is 19.4 Å². The Hall–Kier alpha value is -2.08. The molecule has 0 amide bonds. The highest BCUT2D eigenvalue weighted by atomic mass is 32.2. The molecule has 1 heterocycles. The molecule has 5 nitrogen and oxygen atoms in total. The number of nitrogens with one attached hydrogen (secondary N) is 2. The fraction of sp³-hybridized carbons (Fsp3) is 0.421. The van der Waals surface area contributed by atoms with E-state index in [-0.39, 0.29) is 4.90 Å². The van der Waals surface area contributed by atoms with Crippen LogP contribution in [0.25, 0.3) is 0 Å². The van der Waals surface area contributed by atoms with Gasteiger partial charge >= 0.3 is 0 Å². The molecule has 0 radical (unpaired) electrons. The summed E-state index contributed by atoms with van der Waals surface area (Å²) in [5.41, 5.74) is 2.69. The predicted molar refractivity (Wildman–Crippen MR) is 101 cm³/mol. The van der Waals surface area contributed by atoms with Gasteiger partial charge in [0.2, 0.25) is 0 Å². The first kappa shape index (κ1) is 17.7. The summed E-state index contributed by atoms with van der Waals surface area (Å²) in [7, 11) is -3.63. The summed E-state index contributed by atoms with van der Waals surface area (Å²) < 4.78 is 27.7. The largest absolute Gasteiger partial charge is 0.381 e. The van der Waals surface area contributed by atoms with Gasteiger partial charge in [-0.3, -0.25) is 4.72 Å². The van der Waals surface area contributed by atoms with Gasteiger partial charge in [-0.2, -0.15) is 0 Å². The number of hydrogen-bond donors (Lipinski definition) is 2. The molecule has 1 fully saturated rings. The van der Waals surface area contributed by atoms with Crippen molar-refractivity contribution in [3.63, 3.8) is 0 Å². The summed E-state index contributed by atoms with van der Waals surface area (Å²) in [5.74, 6) is 0.328. The Balaban J connectivity index is 1.69. The summed E-state index contributed by atoms with van der Waals surface area (Å²) in [6, 6.07) is 9.36. The minimum absolute atomic E-state index is 0.282. The minimum Gasteiger partial charge on any atom is -0.381 e. The van der Waals surface area contributed by atoms with Crippen molar-refractivity contribution in [3.8, 4) is 0 Å². The molecule has 25 heavy (non-hydrogen) atoms. The molecule has 6 heteroatoms. The zero-order valence-electron chi connectivity index (χ0n) is 14.7. The molecule has 0 aliphatic heterocycles. The number of pyridine rings is 1. The molecule has 1 aliphatic carbocycles. The Morgan fingerprint density at radius 1 is 1.04 bits per heavy atom. The van der Waals surface area contributed by atoms with Crippen molar-refractivity contribution < 1.29 is 8.42 Å². The molecule has 1 saturated carbocycles. The molecule has 0 saturated heterocycles. The second-order valence-electron chi connectivity index (χ2n) is 6.79. The molecule has 1 aliphatic rings. The standard InChI is InChI=1S/C19H25N3O2S/c1-14-8-10-18(15(2)12-14)25(23,24)22-19-11-9-17(13-20-19)21-16-6-4-3-5-7-16/h8-13,16,21H,3-7H2,1-2H3,(H,20,22). The van der Waals surface area contributed by atoms with E-state index in [0.717, 1.165) is 16.8 Å². The van der Waals surface area contributed by atoms with Crippen LogP contribution in [-0.2, 0) is 10.0 Å². The molecule has 134 valence electrons. The summed E-state index contributed by atoms with van der Waals surface area (Å²) in [6.45, 7) is 3.74. The Morgan fingerprint density at radius 3 is 2.44 bits per heavy atom. The molecule has 0 spiro atoms. The quantitative estimate of drug-likeness (QED) is 0.837. The Kier molecular flexibility index (Phi) is 5.27. The van der Waals surface area contributed by atoms with Crippen molar-refractivity contribution in [1.82, 2.24) is 4.98 Å². The van der Waals surface area contributed by atoms with Gasteiger partial charge in [-0.25, -0.2) is 13.4 Å². The fourth-order valence-corrected chi connectivity index (χ4v) is 4.55. The zero-order chi connectivity index (χ0) is 17.9. The summed E-state index contributed by atoms with van der Waals surface area (Å²) >= 11 is 0. The maximum absolute atomic E-state index is 12.6. The van der Waals surface area contributed by atoms with Crippen molar-refractivity contribution in [3.05, 3.63) is 47.7 Å². The third kappa shape index (κ3) is 4.51. The predicted octanol–water partition coefficient (Wildman–Crippen LogP) is 4.24. The van der Waals surface area contributed by atoms with Gasteiger partial charge in [0.25, 0.3) is 10.0 Å². The van der Waals surface area contributed by atoms with Crippen LogP contribution in [0.2, 0.25) is 0 Å². The maximum atomic E-state index is 12.6. The SMILES string of the molecule is Cc1ccc(S(=O)(=O)Nc2ccc(NC3CCCCC3)cn2)c(C)c1. The highest BCUT2D eigenvalue weighted by Crippen LogP contribution is 2.23. The molecule has 3 rings (SSSR count). The molecular weight excluding hydrogens is 334 g/mol. The number of anilines is 2. The van der Waals surface area contributed by atoms with Gasteiger partial charge in [-0.05, 0) is 50.5 Å². The van der Waals surface area contributed by atoms with E-state index in [0.29, 0.717) is 11.9 Å². The van der Waals surface area contributed by atoms with E-state index in [4.69, 9.17) is 0 Å². The normalized spacial score (nSPS) is 15.8.